The lowest BCUT2D eigenvalue weighted by Gasteiger charge is -2.33. The van der Waals surface area contributed by atoms with Crippen LogP contribution in [0.2, 0.25) is 0 Å². The maximum absolute atomic E-state index is 9.14. The van der Waals surface area contributed by atoms with Crippen LogP contribution in [-0.2, 0) is 0 Å². The predicted octanol–water partition coefficient (Wildman–Crippen LogP) is 2.43. The molecule has 1 aromatic heterocycles. The molecule has 0 saturated heterocycles. The molecule has 4 nitrogen and oxygen atoms in total. The molecule has 0 unspecified atom stereocenters. The zero-order chi connectivity index (χ0) is 11.4. The predicted molar refractivity (Wildman–Crippen MR) is 68.9 cm³/mol. The normalized spacial score (nSPS) is 17.6. The van der Waals surface area contributed by atoms with E-state index in [9.17, 15) is 0 Å². The summed E-state index contributed by atoms with van der Waals surface area (Å²) in [6.07, 6.45) is 6.32. The van der Waals surface area contributed by atoms with Gasteiger partial charge >= 0.3 is 0 Å². The van der Waals surface area contributed by atoms with Crippen LogP contribution in [0.5, 0.6) is 0 Å². The van der Waals surface area contributed by atoms with Crippen LogP contribution >= 0.6 is 27.3 Å². The number of rotatable bonds is 4. The summed E-state index contributed by atoms with van der Waals surface area (Å²) in [7, 11) is 0. The molecule has 0 bridgehead atoms. The van der Waals surface area contributed by atoms with Gasteiger partial charge in [-0.3, -0.25) is 0 Å². The van der Waals surface area contributed by atoms with Crippen molar-refractivity contribution in [1.29, 1.82) is 0 Å². The van der Waals surface area contributed by atoms with Crippen molar-refractivity contribution in [2.75, 3.05) is 18.1 Å². The first-order valence-corrected chi connectivity index (χ1v) is 7.28. The fourth-order valence-electron chi connectivity index (χ4n) is 2.25. The van der Waals surface area contributed by atoms with Gasteiger partial charge in [-0.05, 0) is 28.8 Å². The molecule has 0 aromatic carbocycles. The SMILES string of the molecule is OCCN(c1nnc(Br)s1)C1CCCCC1. The standard InChI is InChI=1S/C10H16BrN3OS/c11-9-12-13-10(16-9)14(6-7-15)8-4-2-1-3-5-8/h8,15H,1-7H2. The highest BCUT2D eigenvalue weighted by Crippen LogP contribution is 2.30. The van der Waals surface area contributed by atoms with Crippen molar-refractivity contribution in [2.45, 2.75) is 38.1 Å². The lowest BCUT2D eigenvalue weighted by Crippen LogP contribution is -2.38. The van der Waals surface area contributed by atoms with E-state index in [0.717, 1.165) is 9.05 Å². The highest BCUT2D eigenvalue weighted by molar-refractivity contribution is 9.11. The lowest BCUT2D eigenvalue weighted by molar-refractivity contribution is 0.290. The summed E-state index contributed by atoms with van der Waals surface area (Å²) >= 11 is 4.87. The lowest BCUT2D eigenvalue weighted by atomic mass is 9.94. The van der Waals surface area contributed by atoms with Crippen LogP contribution < -0.4 is 4.90 Å². The number of aliphatic hydroxyl groups excluding tert-OH is 1. The van der Waals surface area contributed by atoms with Crippen LogP contribution in [0.4, 0.5) is 5.13 Å². The van der Waals surface area contributed by atoms with E-state index in [1.54, 1.807) is 0 Å². The summed E-state index contributed by atoms with van der Waals surface area (Å²) < 4.78 is 0.807. The third kappa shape index (κ3) is 2.93. The Morgan fingerprint density at radius 1 is 1.31 bits per heavy atom. The third-order valence-corrected chi connectivity index (χ3v) is 4.38. The van der Waals surface area contributed by atoms with Crippen LogP contribution in [0.1, 0.15) is 32.1 Å². The van der Waals surface area contributed by atoms with E-state index in [4.69, 9.17) is 5.11 Å². The highest BCUT2D eigenvalue weighted by Gasteiger charge is 2.23. The Morgan fingerprint density at radius 3 is 2.62 bits per heavy atom. The van der Waals surface area contributed by atoms with Gasteiger partial charge in [0.05, 0.1) is 6.61 Å². The highest BCUT2D eigenvalue weighted by atomic mass is 79.9. The van der Waals surface area contributed by atoms with Gasteiger partial charge in [0.25, 0.3) is 0 Å². The maximum atomic E-state index is 9.14. The minimum atomic E-state index is 0.174. The first-order valence-electron chi connectivity index (χ1n) is 5.68. The second-order valence-electron chi connectivity index (χ2n) is 4.05. The van der Waals surface area contributed by atoms with E-state index in [-0.39, 0.29) is 6.61 Å². The molecule has 2 rings (SSSR count). The Kier molecular flexibility index (Phi) is 4.55. The second-order valence-corrected chi connectivity index (χ2v) is 6.28. The van der Waals surface area contributed by atoms with Crippen LogP contribution in [0.15, 0.2) is 3.92 Å². The summed E-state index contributed by atoms with van der Waals surface area (Å²) in [5.74, 6) is 0. The topological polar surface area (TPSA) is 49.2 Å². The Labute approximate surface area is 108 Å². The molecule has 0 radical (unpaired) electrons. The van der Waals surface area contributed by atoms with Gasteiger partial charge in [-0.15, -0.1) is 10.2 Å². The molecular weight excluding hydrogens is 290 g/mol. The number of hydrogen-bond donors (Lipinski definition) is 1. The maximum Gasteiger partial charge on any atom is 0.209 e. The smallest absolute Gasteiger partial charge is 0.209 e. The molecule has 0 amide bonds. The summed E-state index contributed by atoms with van der Waals surface area (Å²) in [4.78, 5) is 2.21. The van der Waals surface area contributed by atoms with Crippen molar-refractivity contribution in [3.63, 3.8) is 0 Å². The molecule has 90 valence electrons. The molecule has 1 N–H and O–H groups in total. The van der Waals surface area contributed by atoms with Gasteiger partial charge in [0.1, 0.15) is 0 Å². The first-order chi connectivity index (χ1) is 7.81. The number of aliphatic hydroxyl groups is 1. The van der Waals surface area contributed by atoms with Gasteiger partial charge < -0.3 is 10.0 Å². The summed E-state index contributed by atoms with van der Waals surface area (Å²) in [5.41, 5.74) is 0. The van der Waals surface area contributed by atoms with Crippen LogP contribution in [0, 0.1) is 0 Å². The van der Waals surface area contributed by atoms with E-state index >= 15 is 0 Å². The largest absolute Gasteiger partial charge is 0.395 e. The average Bonchev–Trinajstić information content (AvgIpc) is 2.74. The average molecular weight is 306 g/mol. The fraction of sp³-hybridized carbons (Fsp3) is 0.800. The van der Waals surface area contributed by atoms with E-state index in [1.807, 2.05) is 0 Å². The van der Waals surface area contributed by atoms with Crippen LogP contribution in [0.3, 0.4) is 0 Å². The molecule has 1 fully saturated rings. The Morgan fingerprint density at radius 2 is 2.06 bits per heavy atom. The number of nitrogens with zero attached hydrogens (tertiary/aromatic N) is 3. The van der Waals surface area contributed by atoms with Crippen molar-refractivity contribution in [1.82, 2.24) is 10.2 Å². The third-order valence-electron chi connectivity index (χ3n) is 2.99. The molecule has 0 spiro atoms. The Hall–Kier alpha value is -0.200. The monoisotopic (exact) mass is 305 g/mol. The van der Waals surface area contributed by atoms with Crippen molar-refractivity contribution in [3.05, 3.63) is 3.92 Å². The van der Waals surface area contributed by atoms with Gasteiger partial charge in [-0.1, -0.05) is 30.6 Å². The Balaban J connectivity index is 2.09. The Bertz CT molecular complexity index is 328. The second kappa shape index (κ2) is 5.93. The number of halogens is 1. The van der Waals surface area contributed by atoms with Gasteiger partial charge in [0.15, 0.2) is 3.92 Å². The van der Waals surface area contributed by atoms with Crippen molar-refractivity contribution in [3.8, 4) is 0 Å². The quantitative estimate of drug-likeness (QED) is 0.928. The van der Waals surface area contributed by atoms with Gasteiger partial charge in [-0.2, -0.15) is 0 Å². The molecule has 16 heavy (non-hydrogen) atoms. The minimum Gasteiger partial charge on any atom is -0.395 e. The zero-order valence-electron chi connectivity index (χ0n) is 9.10. The van der Waals surface area contributed by atoms with Crippen LogP contribution in [-0.4, -0.2) is 34.5 Å². The summed E-state index contributed by atoms with van der Waals surface area (Å²) in [5, 5.41) is 18.2. The number of hydrogen-bond acceptors (Lipinski definition) is 5. The molecule has 1 heterocycles. The van der Waals surface area contributed by atoms with Gasteiger partial charge in [0.2, 0.25) is 5.13 Å². The van der Waals surface area contributed by atoms with E-state index in [2.05, 4.69) is 31.0 Å². The van der Waals surface area contributed by atoms with Gasteiger partial charge in [-0.25, -0.2) is 0 Å². The van der Waals surface area contributed by atoms with Crippen LogP contribution in [0.25, 0.3) is 0 Å². The van der Waals surface area contributed by atoms with Crippen molar-refractivity contribution < 1.29 is 5.11 Å². The molecule has 0 aliphatic heterocycles. The molecule has 1 aromatic rings. The van der Waals surface area contributed by atoms with Gasteiger partial charge in [0, 0.05) is 12.6 Å². The number of anilines is 1. The fourth-order valence-corrected chi connectivity index (χ4v) is 3.43. The molecule has 1 aliphatic carbocycles. The molecular formula is C10H16BrN3OS. The first kappa shape index (κ1) is 12.3. The molecule has 1 aliphatic rings. The van der Waals surface area contributed by atoms with Crippen molar-refractivity contribution >= 4 is 32.4 Å². The number of aromatic nitrogens is 2. The van der Waals surface area contributed by atoms with E-state index < -0.39 is 0 Å². The van der Waals surface area contributed by atoms with E-state index in [0.29, 0.717) is 12.6 Å². The molecule has 6 heteroatoms. The zero-order valence-corrected chi connectivity index (χ0v) is 11.5. The van der Waals surface area contributed by atoms with E-state index in [1.165, 1.54) is 43.4 Å². The summed E-state index contributed by atoms with van der Waals surface area (Å²) in [6.45, 7) is 0.833. The minimum absolute atomic E-state index is 0.174. The molecule has 0 atom stereocenters. The summed E-state index contributed by atoms with van der Waals surface area (Å²) in [6, 6.07) is 0.528. The molecule has 1 saturated carbocycles. The van der Waals surface area contributed by atoms with Crippen molar-refractivity contribution in [2.24, 2.45) is 0 Å².